The van der Waals surface area contributed by atoms with Crippen molar-refractivity contribution in [1.29, 1.82) is 0 Å². The number of rotatable bonds is 7. The molecule has 2 N–H and O–H groups in total. The quantitative estimate of drug-likeness (QED) is 0.689. The summed E-state index contributed by atoms with van der Waals surface area (Å²) in [5.41, 5.74) is 2.32. The first-order valence-corrected chi connectivity index (χ1v) is 7.52. The van der Waals surface area contributed by atoms with E-state index in [0.717, 1.165) is 16.5 Å². The molecule has 0 fully saturated rings. The van der Waals surface area contributed by atoms with Crippen molar-refractivity contribution in [3.8, 4) is 5.75 Å². The van der Waals surface area contributed by atoms with Crippen LogP contribution in [0.1, 0.15) is 17.2 Å². The van der Waals surface area contributed by atoms with Gasteiger partial charge in [-0.25, -0.2) is 0 Å². The lowest BCUT2D eigenvalue weighted by atomic mass is 10.1. The van der Waals surface area contributed by atoms with Crippen LogP contribution in [0.25, 0.3) is 11.0 Å². The molecule has 126 valence electrons. The zero-order chi connectivity index (χ0) is 16.9. The maximum atomic E-state index is 12.2. The van der Waals surface area contributed by atoms with Crippen molar-refractivity contribution in [2.75, 3.05) is 6.54 Å². The van der Waals surface area contributed by atoms with Crippen LogP contribution in [0.3, 0.4) is 0 Å². The van der Waals surface area contributed by atoms with E-state index in [1.807, 2.05) is 24.3 Å². The summed E-state index contributed by atoms with van der Waals surface area (Å²) >= 11 is 0. The first-order chi connectivity index (χ1) is 11.6. The van der Waals surface area contributed by atoms with Gasteiger partial charge in [0.2, 0.25) is 0 Å². The van der Waals surface area contributed by atoms with Gasteiger partial charge in [-0.3, -0.25) is 0 Å². The van der Waals surface area contributed by atoms with Crippen molar-refractivity contribution < 1.29 is 23.0 Å². The minimum atomic E-state index is -2.88. The Morgan fingerprint density at radius 1 is 1.12 bits per heavy atom. The summed E-state index contributed by atoms with van der Waals surface area (Å²) in [6.45, 7) is -2.08. The maximum absolute atomic E-state index is 12.2. The molecule has 0 amide bonds. The molecule has 0 aliphatic heterocycles. The third-order valence-corrected chi connectivity index (χ3v) is 3.68. The number of para-hydroxylation sites is 1. The third kappa shape index (κ3) is 3.90. The number of benzene rings is 2. The topological polar surface area (TPSA) is 54.6 Å². The van der Waals surface area contributed by atoms with Crippen LogP contribution >= 0.6 is 0 Å². The number of fused-ring (bicyclic) bond motifs is 1. The smallest absolute Gasteiger partial charge is 0.387 e. The second-order valence-corrected chi connectivity index (χ2v) is 5.35. The van der Waals surface area contributed by atoms with E-state index in [1.54, 1.807) is 18.4 Å². The molecule has 1 unspecified atom stereocenters. The van der Waals surface area contributed by atoms with Crippen LogP contribution in [-0.4, -0.2) is 18.3 Å². The molecule has 24 heavy (non-hydrogen) atoms. The number of aliphatic hydroxyl groups excluding tert-OH is 1. The van der Waals surface area contributed by atoms with Gasteiger partial charge in [-0.2, -0.15) is 8.78 Å². The molecule has 0 saturated heterocycles. The van der Waals surface area contributed by atoms with E-state index in [0.29, 0.717) is 12.1 Å². The van der Waals surface area contributed by atoms with E-state index in [4.69, 9.17) is 4.42 Å². The van der Waals surface area contributed by atoms with Crippen molar-refractivity contribution in [3.05, 3.63) is 65.9 Å². The Hall–Kier alpha value is -2.44. The normalized spacial score (nSPS) is 12.7. The molecular weight excluding hydrogens is 316 g/mol. The predicted octanol–water partition coefficient (Wildman–Crippen LogP) is 3.86. The Morgan fingerprint density at radius 3 is 2.79 bits per heavy atom. The maximum Gasteiger partial charge on any atom is 0.387 e. The van der Waals surface area contributed by atoms with Crippen molar-refractivity contribution >= 4 is 11.0 Å². The van der Waals surface area contributed by atoms with Crippen molar-refractivity contribution in [3.63, 3.8) is 0 Å². The van der Waals surface area contributed by atoms with Gasteiger partial charge in [-0.05, 0) is 23.8 Å². The van der Waals surface area contributed by atoms with E-state index >= 15 is 0 Å². The van der Waals surface area contributed by atoms with Gasteiger partial charge < -0.3 is 19.6 Å². The van der Waals surface area contributed by atoms with Crippen LogP contribution in [0, 0.1) is 0 Å². The molecule has 6 heteroatoms. The largest absolute Gasteiger partial charge is 0.464 e. The second kappa shape index (κ2) is 7.42. The molecule has 3 rings (SSSR count). The molecule has 1 aromatic heterocycles. The number of ether oxygens (including phenoxy) is 1. The second-order valence-electron chi connectivity index (χ2n) is 5.35. The highest BCUT2D eigenvalue weighted by Gasteiger charge is 2.11. The number of halogens is 2. The summed E-state index contributed by atoms with van der Waals surface area (Å²) in [7, 11) is 0. The summed E-state index contributed by atoms with van der Waals surface area (Å²) in [5, 5.41) is 14.4. The van der Waals surface area contributed by atoms with E-state index < -0.39 is 12.7 Å². The Kier molecular flexibility index (Phi) is 5.08. The van der Waals surface area contributed by atoms with Crippen LogP contribution in [0.2, 0.25) is 0 Å². The number of nitrogens with one attached hydrogen (secondary N) is 1. The van der Waals surface area contributed by atoms with Gasteiger partial charge >= 0.3 is 6.61 Å². The average molecular weight is 333 g/mol. The summed E-state index contributed by atoms with van der Waals surface area (Å²) in [6, 6.07) is 13.8. The molecule has 0 bridgehead atoms. The lowest BCUT2D eigenvalue weighted by molar-refractivity contribution is -0.0499. The fraction of sp³-hybridized carbons (Fsp3) is 0.222. The van der Waals surface area contributed by atoms with Gasteiger partial charge in [0.25, 0.3) is 0 Å². The standard InChI is InChI=1S/C18H17F2NO3/c19-18(20)24-14-5-3-4-12(8-14)16(22)10-21-9-13-11-23-17-7-2-1-6-15(13)17/h1-8,11,16,18,21-22H,9-10H2. The zero-order valence-electron chi connectivity index (χ0n) is 12.8. The number of hydrogen-bond acceptors (Lipinski definition) is 4. The van der Waals surface area contributed by atoms with Crippen LogP contribution in [0.4, 0.5) is 8.78 Å². The molecular formula is C18H17F2NO3. The fourth-order valence-corrected chi connectivity index (χ4v) is 2.53. The lowest BCUT2D eigenvalue weighted by Gasteiger charge is -2.13. The number of furan rings is 1. The van der Waals surface area contributed by atoms with Crippen LogP contribution < -0.4 is 10.1 Å². The molecule has 0 radical (unpaired) electrons. The van der Waals surface area contributed by atoms with E-state index in [-0.39, 0.29) is 12.3 Å². The highest BCUT2D eigenvalue weighted by molar-refractivity contribution is 5.80. The Labute approximate surface area is 137 Å². The number of alkyl halides is 2. The van der Waals surface area contributed by atoms with E-state index in [9.17, 15) is 13.9 Å². The first kappa shape index (κ1) is 16.4. The van der Waals surface area contributed by atoms with Gasteiger partial charge in [0.1, 0.15) is 11.3 Å². The monoisotopic (exact) mass is 333 g/mol. The van der Waals surface area contributed by atoms with Crippen LogP contribution in [-0.2, 0) is 6.54 Å². The fourth-order valence-electron chi connectivity index (χ4n) is 2.53. The van der Waals surface area contributed by atoms with Crippen LogP contribution in [0.5, 0.6) is 5.75 Å². The SMILES string of the molecule is OC(CNCc1coc2ccccc12)c1cccc(OC(F)F)c1. The number of hydrogen-bond donors (Lipinski definition) is 2. The van der Waals surface area contributed by atoms with E-state index in [2.05, 4.69) is 10.1 Å². The lowest BCUT2D eigenvalue weighted by Crippen LogP contribution is -2.21. The minimum Gasteiger partial charge on any atom is -0.464 e. The summed E-state index contributed by atoms with van der Waals surface area (Å²) in [6.07, 6.45) is 0.852. The van der Waals surface area contributed by atoms with Gasteiger partial charge in [0, 0.05) is 24.0 Å². The molecule has 1 heterocycles. The Bertz CT molecular complexity index is 804. The summed E-state index contributed by atoms with van der Waals surface area (Å²) in [5.74, 6) is 0.0300. The van der Waals surface area contributed by atoms with Crippen molar-refractivity contribution in [2.24, 2.45) is 0 Å². The minimum absolute atomic E-state index is 0.0300. The predicted molar refractivity (Wildman–Crippen MR) is 86.0 cm³/mol. The molecule has 0 spiro atoms. The Balaban J connectivity index is 1.58. The number of aliphatic hydroxyl groups is 1. The van der Waals surface area contributed by atoms with Crippen molar-refractivity contribution in [2.45, 2.75) is 19.3 Å². The van der Waals surface area contributed by atoms with Gasteiger partial charge in [0.15, 0.2) is 0 Å². The van der Waals surface area contributed by atoms with Crippen LogP contribution in [0.15, 0.2) is 59.2 Å². The van der Waals surface area contributed by atoms with Gasteiger partial charge in [-0.1, -0.05) is 30.3 Å². The summed E-state index contributed by atoms with van der Waals surface area (Å²) < 4.78 is 34.3. The molecule has 1 atom stereocenters. The van der Waals surface area contributed by atoms with Gasteiger partial charge in [-0.15, -0.1) is 0 Å². The molecule has 3 aromatic rings. The molecule has 2 aromatic carbocycles. The molecule has 0 saturated carbocycles. The van der Waals surface area contributed by atoms with E-state index in [1.165, 1.54) is 12.1 Å². The highest BCUT2D eigenvalue weighted by atomic mass is 19.3. The van der Waals surface area contributed by atoms with Crippen molar-refractivity contribution in [1.82, 2.24) is 5.32 Å². The molecule has 0 aliphatic rings. The zero-order valence-corrected chi connectivity index (χ0v) is 12.8. The Morgan fingerprint density at radius 2 is 1.96 bits per heavy atom. The average Bonchev–Trinajstić information content (AvgIpc) is 2.98. The summed E-state index contributed by atoms with van der Waals surface area (Å²) in [4.78, 5) is 0. The molecule has 4 nitrogen and oxygen atoms in total. The third-order valence-electron chi connectivity index (χ3n) is 3.68. The van der Waals surface area contributed by atoms with Gasteiger partial charge in [0.05, 0.1) is 12.4 Å². The highest BCUT2D eigenvalue weighted by Crippen LogP contribution is 2.22. The first-order valence-electron chi connectivity index (χ1n) is 7.52. The molecule has 0 aliphatic carbocycles.